The van der Waals surface area contributed by atoms with Gasteiger partial charge in [0.1, 0.15) is 40.7 Å². The number of ketones is 7. The van der Waals surface area contributed by atoms with Crippen LogP contribution in [0.15, 0.2) is 146 Å². The molecule has 3 aliphatic rings. The van der Waals surface area contributed by atoms with E-state index in [1.54, 1.807) is 124 Å². The summed E-state index contributed by atoms with van der Waals surface area (Å²) in [4.78, 5) is 143. The number of carbonyl (C=O) groups excluding carboxylic acids is 7. The van der Waals surface area contributed by atoms with E-state index in [1.807, 2.05) is 107 Å². The maximum atomic E-state index is 13.9. The molecule has 6 aromatic carbocycles. The molecule has 9 heterocycles. The molecule has 3 aliphatic heterocycles. The zero-order valence-electron chi connectivity index (χ0n) is 88.2. The summed E-state index contributed by atoms with van der Waals surface area (Å²) >= 11 is 0. The van der Waals surface area contributed by atoms with Crippen LogP contribution in [0.3, 0.4) is 0 Å². The highest BCUT2D eigenvalue weighted by Crippen LogP contribution is 2.42. The molecule has 1 spiro atoms. The number of halogens is 6. The molecule has 3 N–H and O–H groups in total. The summed E-state index contributed by atoms with van der Waals surface area (Å²) in [6, 6.07) is 27.2. The number of rotatable bonds is 33. The SMILES string of the molecule is CC(=O)c1cc(-c2cnc(N(C)C)nc2C(C)C)ccc1F.CC(=O)c1cc(-c2cnc(N3CC4(COC4)C3)nc2C(C)C)ccc1F.CC(=O)c1cc(-c2cnc(N3CCC(=O)CC3)nc2C(C)C)ccc1F.CC(=O)c1cc(-c2cnc(NCCN(C)C)nc2C(C)C)ccc1F.CNc1ncc(-c2ccc(F)c(C(C)=O)c2)c(C(C)C)n1.COCCOCCNc1ncc(-c2ccc(F)c(C(C)=O)c2)c(C(C)C)n1. The van der Waals surface area contributed by atoms with Gasteiger partial charge in [-0.1, -0.05) is 119 Å². The van der Waals surface area contributed by atoms with Crippen LogP contribution in [0.1, 0.15) is 269 Å². The van der Waals surface area contributed by atoms with Gasteiger partial charge in [-0.25, -0.2) is 86.2 Å². The van der Waals surface area contributed by atoms with Crippen molar-refractivity contribution in [3.05, 3.63) is 249 Å². The van der Waals surface area contributed by atoms with Crippen molar-refractivity contribution in [1.82, 2.24) is 64.7 Å². The predicted molar refractivity (Wildman–Crippen MR) is 563 cm³/mol. The number of Topliss-reactive ketones (excluding diaryl/α,β-unsaturated/α-hetero) is 7. The molecule has 12 aromatic rings. The monoisotopic (exact) mass is 2020 g/mol. The molecule has 778 valence electrons. The van der Waals surface area contributed by atoms with Gasteiger partial charge in [0, 0.05) is 157 Å². The number of nitrogens with zero attached hydrogens (tertiary/aromatic N) is 16. The van der Waals surface area contributed by atoms with E-state index in [2.05, 4.69) is 89.4 Å². The van der Waals surface area contributed by atoms with E-state index in [9.17, 15) is 59.9 Å². The number of hydrogen-bond acceptors (Lipinski definition) is 29. The van der Waals surface area contributed by atoms with Crippen LogP contribution < -0.4 is 30.7 Å². The number of anilines is 6. The maximum absolute atomic E-state index is 13.9. The Labute approximate surface area is 856 Å². The van der Waals surface area contributed by atoms with Gasteiger partial charge < -0.3 is 49.8 Å². The first-order valence-corrected chi connectivity index (χ1v) is 48.9. The number of hydrogen-bond donors (Lipinski definition) is 3. The van der Waals surface area contributed by atoms with Crippen LogP contribution in [0.25, 0.3) is 66.8 Å². The normalized spacial score (nSPS) is 12.9. The third kappa shape index (κ3) is 30.5. The first-order valence-electron chi connectivity index (χ1n) is 48.9. The number of ether oxygens (including phenoxy) is 3. The third-order valence-electron chi connectivity index (χ3n) is 24.3. The van der Waals surface area contributed by atoms with Crippen molar-refractivity contribution < 1.29 is 74.1 Å². The highest BCUT2D eigenvalue weighted by Gasteiger charge is 2.50. The van der Waals surface area contributed by atoms with Crippen LogP contribution in [-0.4, -0.2) is 226 Å². The number of likely N-dealkylation sites (N-methyl/N-ethyl adjacent to an activating group) is 1. The minimum absolute atomic E-state index is 0.0656. The van der Waals surface area contributed by atoms with Crippen molar-refractivity contribution in [2.75, 3.05) is 152 Å². The molecule has 29 nitrogen and oxygen atoms in total. The molecule has 15 rings (SSSR count). The Balaban J connectivity index is 0.000000181. The molecule has 35 heteroatoms. The largest absolute Gasteiger partial charge is 0.382 e. The van der Waals surface area contributed by atoms with Gasteiger partial charge in [0.15, 0.2) is 34.7 Å². The Hall–Kier alpha value is -14.3. The first-order chi connectivity index (χ1) is 69.7. The fourth-order valence-corrected chi connectivity index (χ4v) is 16.2. The van der Waals surface area contributed by atoms with Gasteiger partial charge in [-0.2, -0.15) is 0 Å². The summed E-state index contributed by atoms with van der Waals surface area (Å²) in [5, 5.41) is 9.25. The molecule has 0 radical (unpaired) electrons. The molecular formula is C112H133F6N19O10. The minimum atomic E-state index is -0.525. The second-order valence-corrected chi connectivity index (χ2v) is 38.6. The Morgan fingerprint density at radius 3 is 0.952 bits per heavy atom. The van der Waals surface area contributed by atoms with E-state index >= 15 is 0 Å². The smallest absolute Gasteiger partial charge is 0.225 e. The quantitative estimate of drug-likeness (QED) is 0.0195. The molecule has 0 aliphatic carbocycles. The van der Waals surface area contributed by atoms with Gasteiger partial charge in [0.05, 0.1) is 106 Å². The van der Waals surface area contributed by atoms with E-state index in [-0.39, 0.29) is 109 Å². The average molecular weight is 2020 g/mol. The van der Waals surface area contributed by atoms with Crippen LogP contribution in [0.4, 0.5) is 62.0 Å². The van der Waals surface area contributed by atoms with Crippen LogP contribution in [-0.2, 0) is 19.0 Å². The van der Waals surface area contributed by atoms with E-state index in [4.69, 9.17) is 24.2 Å². The Morgan fingerprint density at radius 1 is 0.381 bits per heavy atom. The molecule has 0 unspecified atom stereocenters. The fourth-order valence-electron chi connectivity index (χ4n) is 16.2. The molecule has 6 aromatic heterocycles. The predicted octanol–water partition coefficient (Wildman–Crippen LogP) is 21.8. The van der Waals surface area contributed by atoms with Gasteiger partial charge in [-0.3, -0.25) is 33.6 Å². The fraction of sp³-hybridized carbons (Fsp3) is 0.402. The number of nitrogens with one attached hydrogen (secondary N) is 3. The summed E-state index contributed by atoms with van der Waals surface area (Å²) in [5.74, 6) is -0.0633. The van der Waals surface area contributed by atoms with E-state index in [1.165, 1.54) is 77.9 Å². The number of carbonyl (C=O) groups is 7. The molecule has 147 heavy (non-hydrogen) atoms. The van der Waals surface area contributed by atoms with Crippen molar-refractivity contribution in [3.8, 4) is 66.8 Å². The Bertz CT molecular complexity index is 6700. The molecule has 0 bridgehead atoms. The summed E-state index contributed by atoms with van der Waals surface area (Å²) < 4.78 is 98.3. The molecule has 3 saturated heterocycles. The average Bonchev–Trinajstić information content (AvgIpc) is 0.741. The lowest BCUT2D eigenvalue weighted by molar-refractivity contribution is -0.127. The lowest BCUT2D eigenvalue weighted by Crippen LogP contribution is -2.66. The van der Waals surface area contributed by atoms with Crippen molar-refractivity contribution in [2.24, 2.45) is 5.41 Å². The highest BCUT2D eigenvalue weighted by atomic mass is 19.1. The van der Waals surface area contributed by atoms with Crippen molar-refractivity contribution in [3.63, 3.8) is 0 Å². The van der Waals surface area contributed by atoms with Crippen molar-refractivity contribution in [1.29, 1.82) is 0 Å². The molecular weight excluding hydrogens is 1890 g/mol. The van der Waals surface area contributed by atoms with Crippen LogP contribution in [0, 0.1) is 40.3 Å². The molecule has 0 atom stereocenters. The number of aromatic nitrogens is 12. The van der Waals surface area contributed by atoms with E-state index in [0.717, 1.165) is 146 Å². The van der Waals surface area contributed by atoms with Crippen molar-refractivity contribution in [2.45, 2.75) is 173 Å². The zero-order valence-corrected chi connectivity index (χ0v) is 88.2. The summed E-state index contributed by atoms with van der Waals surface area (Å²) in [5.41, 5.74) is 15.3. The standard InChI is InChI=1S/C20H26FN3O3.2C20H22FN3O2.C19H25FN4O.C17H20FN3O.C16H18FN3O/c1-13(2)19-17(15-5-6-18(21)16(11-15)14(3)25)12-23-20(24-19)22-7-8-27-10-9-26-4;1-12(2)18-16(14-4-5-17(21)15(6-14)13(3)25)7-22-19(23-18)24-8-20(9-24)10-26-11-20;1-12(2)19-17(14-4-5-18(21)16(10-14)13(3)25)11-22-20(23-19)24-8-6-15(26)7-9-24;1-12(2)18-16(11-22-19(23-18)21-8-9-24(4)5)14-6-7-17(20)15(10-14)13(3)25;1-10(2)16-14(9-19-17(20-16)21(4)5)12-6-7-15(18)13(8-12)11(3)22;1-9(2)15-13(8-19-16(18-4)20-15)11-5-6-14(17)12(7-11)10(3)21/h5-6,11-13H,7-10H2,1-4H3,(H,22,23,24);4-7,12H,8-11H2,1-3H3;4-5,10-12H,6-9H2,1-3H3;6-7,10-12H,8-9H2,1-5H3,(H,21,22,23);6-10H,1-5H3;5-9H,1-4H3,(H,18,19,20). The topological polar surface area (TPSA) is 351 Å². The van der Waals surface area contributed by atoms with Crippen LogP contribution in [0.5, 0.6) is 0 Å². The Kier molecular flexibility index (Phi) is 41.1. The lowest BCUT2D eigenvalue weighted by Gasteiger charge is -2.54. The second-order valence-electron chi connectivity index (χ2n) is 38.6. The van der Waals surface area contributed by atoms with E-state index in [0.29, 0.717) is 87.5 Å². The summed E-state index contributed by atoms with van der Waals surface area (Å²) in [6.45, 7) is 41.2. The first kappa shape index (κ1) is 115. The number of benzene rings is 6. The van der Waals surface area contributed by atoms with Crippen LogP contribution >= 0.6 is 0 Å². The minimum Gasteiger partial charge on any atom is -0.382 e. The van der Waals surface area contributed by atoms with Gasteiger partial charge in [-0.05, 0) is 197 Å². The zero-order chi connectivity index (χ0) is 108. The third-order valence-corrected chi connectivity index (χ3v) is 24.3. The summed E-state index contributed by atoms with van der Waals surface area (Å²) in [7, 11) is 11.2. The lowest BCUT2D eigenvalue weighted by atomic mass is 9.78. The Morgan fingerprint density at radius 2 is 0.667 bits per heavy atom. The number of methoxy groups -OCH3 is 1. The summed E-state index contributed by atoms with van der Waals surface area (Å²) in [6.07, 6.45) is 11.4. The van der Waals surface area contributed by atoms with Gasteiger partial charge in [0.2, 0.25) is 35.7 Å². The van der Waals surface area contributed by atoms with Gasteiger partial charge in [0.25, 0.3) is 0 Å². The van der Waals surface area contributed by atoms with Crippen LogP contribution in [0.2, 0.25) is 0 Å². The number of piperidine rings is 1. The van der Waals surface area contributed by atoms with Gasteiger partial charge >= 0.3 is 0 Å². The molecule has 0 amide bonds. The maximum Gasteiger partial charge on any atom is 0.225 e. The van der Waals surface area contributed by atoms with Gasteiger partial charge in [-0.15, -0.1) is 0 Å². The molecule has 0 saturated carbocycles. The molecule has 3 fully saturated rings. The highest BCUT2D eigenvalue weighted by molar-refractivity contribution is 5.99. The second kappa shape index (κ2) is 52.7. The van der Waals surface area contributed by atoms with E-state index < -0.39 is 34.9 Å². The van der Waals surface area contributed by atoms with Crippen molar-refractivity contribution >= 4 is 76.2 Å².